The summed E-state index contributed by atoms with van der Waals surface area (Å²) >= 11 is 0. The van der Waals surface area contributed by atoms with Gasteiger partial charge in [-0.15, -0.1) is 0 Å². The molecule has 0 radical (unpaired) electrons. The van der Waals surface area contributed by atoms with E-state index in [-0.39, 0.29) is 17.4 Å². The van der Waals surface area contributed by atoms with Crippen molar-refractivity contribution in [3.8, 4) is 0 Å². The van der Waals surface area contributed by atoms with Crippen LogP contribution in [0.1, 0.15) is 36.9 Å². The molecule has 0 atom stereocenters. The second-order valence-electron chi connectivity index (χ2n) is 8.00. The summed E-state index contributed by atoms with van der Waals surface area (Å²) in [5.41, 5.74) is -0.402. The Morgan fingerprint density at radius 1 is 1.14 bits per heavy atom. The number of halogens is 3. The van der Waals surface area contributed by atoms with Crippen molar-refractivity contribution >= 4 is 11.8 Å². The first-order valence-electron chi connectivity index (χ1n) is 9.63. The van der Waals surface area contributed by atoms with E-state index < -0.39 is 17.4 Å². The molecule has 1 spiro atoms. The molecule has 1 aromatic carbocycles. The molecule has 1 aromatic heterocycles. The van der Waals surface area contributed by atoms with Gasteiger partial charge in [0.2, 0.25) is 0 Å². The molecule has 2 aromatic rings. The summed E-state index contributed by atoms with van der Waals surface area (Å²) in [5.74, 6) is 0.153. The number of nitrogens with zero attached hydrogens (tertiary/aromatic N) is 3. The maximum atomic E-state index is 13.0. The maximum Gasteiger partial charge on any atom is 0.435 e. The molecule has 9 heteroatoms. The molecule has 1 saturated heterocycles. The van der Waals surface area contributed by atoms with Gasteiger partial charge in [-0.3, -0.25) is 9.58 Å². The highest BCUT2D eigenvalue weighted by molar-refractivity contribution is 5.94. The Bertz CT molecular complexity index is 901. The first-order chi connectivity index (χ1) is 13.7. The summed E-state index contributed by atoms with van der Waals surface area (Å²) in [5, 5.41) is 10.0. The van der Waals surface area contributed by atoms with Crippen molar-refractivity contribution in [1.29, 1.82) is 0 Å². The zero-order chi connectivity index (χ0) is 20.9. The van der Waals surface area contributed by atoms with Crippen LogP contribution in [0.4, 0.5) is 23.8 Å². The summed E-state index contributed by atoms with van der Waals surface area (Å²) in [6.45, 7) is 0.331. The van der Waals surface area contributed by atoms with E-state index in [1.165, 1.54) is 17.5 Å². The molecule has 2 aliphatic rings. The lowest BCUT2D eigenvalue weighted by molar-refractivity contribution is -0.141. The Hall–Kier alpha value is -2.55. The van der Waals surface area contributed by atoms with E-state index in [0.717, 1.165) is 36.4 Å². The summed E-state index contributed by atoms with van der Waals surface area (Å²) in [7, 11) is 3.37. The summed E-state index contributed by atoms with van der Waals surface area (Å²) in [6.07, 6.45) is -1.44. The van der Waals surface area contributed by atoms with Crippen LogP contribution in [0.3, 0.4) is 0 Å². The van der Waals surface area contributed by atoms with Crippen LogP contribution >= 0.6 is 0 Å². The number of carbonyl (C=O) groups excluding carboxylic acids is 1. The van der Waals surface area contributed by atoms with Gasteiger partial charge in [0.15, 0.2) is 5.69 Å². The van der Waals surface area contributed by atoms with Crippen LogP contribution < -0.4 is 15.5 Å². The largest absolute Gasteiger partial charge is 0.435 e. The third-order valence-electron chi connectivity index (χ3n) is 6.37. The fourth-order valence-corrected chi connectivity index (χ4v) is 4.62. The second-order valence-corrected chi connectivity index (χ2v) is 8.00. The number of urea groups is 1. The van der Waals surface area contributed by atoms with Crippen LogP contribution in [0.25, 0.3) is 0 Å². The highest BCUT2D eigenvalue weighted by Gasteiger charge is 2.50. The number of alkyl halides is 3. The highest BCUT2D eigenvalue weighted by atomic mass is 19.4. The average Bonchev–Trinajstić information content (AvgIpc) is 3.23. The Morgan fingerprint density at radius 3 is 2.34 bits per heavy atom. The fourth-order valence-electron chi connectivity index (χ4n) is 4.62. The van der Waals surface area contributed by atoms with Gasteiger partial charge in [0, 0.05) is 18.7 Å². The molecular formula is C20H24F3N5O. The average molecular weight is 407 g/mol. The number of rotatable bonds is 3. The van der Waals surface area contributed by atoms with Gasteiger partial charge in [-0.05, 0) is 38.3 Å². The lowest BCUT2D eigenvalue weighted by Crippen LogP contribution is -2.53. The van der Waals surface area contributed by atoms with Gasteiger partial charge >= 0.3 is 12.2 Å². The van der Waals surface area contributed by atoms with Crippen LogP contribution in [0, 0.1) is 0 Å². The topological polar surface area (TPSA) is 62.2 Å². The van der Waals surface area contributed by atoms with Crippen molar-refractivity contribution in [2.75, 3.05) is 18.5 Å². The van der Waals surface area contributed by atoms with Crippen molar-refractivity contribution in [1.82, 2.24) is 20.4 Å². The molecule has 0 unspecified atom stereocenters. The molecular weight excluding hydrogens is 383 g/mol. The molecule has 1 saturated carbocycles. The standard InChI is InChI=1S/C20H24F3N5O/c1-24-19(14-6-4-3-5-7-14)10-8-18(9-11-19)13-28(17(29)25-18)16-12-15(20(21,22)23)26-27(16)2/h3-7,12,24H,8-11,13H2,1-2H3,(H,25,29)/t18-,19-. The van der Waals surface area contributed by atoms with E-state index in [1.54, 1.807) is 0 Å². The predicted octanol–water partition coefficient (Wildman–Crippen LogP) is 3.40. The van der Waals surface area contributed by atoms with E-state index >= 15 is 0 Å². The SMILES string of the molecule is CN[C@]1(c2ccccc2)CC[C@@]2(CC1)CN(c1cc(C(F)(F)F)nn1C)C(=O)N2. The van der Waals surface area contributed by atoms with Gasteiger partial charge < -0.3 is 10.6 Å². The van der Waals surface area contributed by atoms with Gasteiger partial charge in [0.25, 0.3) is 0 Å². The normalized spacial score (nSPS) is 27.5. The minimum absolute atomic E-state index is 0.153. The van der Waals surface area contributed by atoms with E-state index in [4.69, 9.17) is 0 Å². The number of hydrogen-bond donors (Lipinski definition) is 2. The number of aryl methyl sites for hydroxylation is 1. The summed E-state index contributed by atoms with van der Waals surface area (Å²) in [6, 6.07) is 10.8. The van der Waals surface area contributed by atoms with E-state index in [9.17, 15) is 18.0 Å². The monoisotopic (exact) mass is 407 g/mol. The molecule has 6 nitrogen and oxygen atoms in total. The molecule has 2 heterocycles. The fraction of sp³-hybridized carbons (Fsp3) is 0.500. The number of aromatic nitrogens is 2. The van der Waals surface area contributed by atoms with Crippen molar-refractivity contribution in [3.05, 3.63) is 47.7 Å². The third-order valence-corrected chi connectivity index (χ3v) is 6.37. The lowest BCUT2D eigenvalue weighted by atomic mass is 9.69. The van der Waals surface area contributed by atoms with E-state index in [2.05, 4.69) is 27.9 Å². The van der Waals surface area contributed by atoms with Crippen LogP contribution in [0.5, 0.6) is 0 Å². The summed E-state index contributed by atoms with van der Waals surface area (Å²) in [4.78, 5) is 14.0. The van der Waals surface area contributed by atoms with E-state index in [1.807, 2.05) is 25.2 Å². The number of amides is 2. The maximum absolute atomic E-state index is 13.0. The molecule has 0 bridgehead atoms. The Balaban J connectivity index is 1.54. The highest BCUT2D eigenvalue weighted by Crippen LogP contribution is 2.44. The van der Waals surface area contributed by atoms with Gasteiger partial charge in [0.1, 0.15) is 5.82 Å². The molecule has 2 amide bonds. The number of benzene rings is 1. The van der Waals surface area contributed by atoms with Crippen molar-refractivity contribution in [2.24, 2.45) is 7.05 Å². The van der Waals surface area contributed by atoms with Crippen molar-refractivity contribution in [3.63, 3.8) is 0 Å². The van der Waals surface area contributed by atoms with Gasteiger partial charge in [-0.1, -0.05) is 30.3 Å². The quantitative estimate of drug-likeness (QED) is 0.820. The Labute approximate surface area is 167 Å². The van der Waals surface area contributed by atoms with E-state index in [0.29, 0.717) is 6.54 Å². The number of nitrogens with one attached hydrogen (secondary N) is 2. The zero-order valence-electron chi connectivity index (χ0n) is 16.4. The molecule has 2 fully saturated rings. The lowest BCUT2D eigenvalue weighted by Gasteiger charge is -2.45. The van der Waals surface area contributed by atoms with Crippen LogP contribution in [-0.2, 0) is 18.8 Å². The minimum atomic E-state index is -4.54. The van der Waals surface area contributed by atoms with Crippen LogP contribution in [0.15, 0.2) is 36.4 Å². The number of anilines is 1. The molecule has 1 aliphatic heterocycles. The minimum Gasteiger partial charge on any atom is -0.330 e. The van der Waals surface area contributed by atoms with Gasteiger partial charge in [0.05, 0.1) is 12.1 Å². The van der Waals surface area contributed by atoms with Gasteiger partial charge in [-0.2, -0.15) is 18.3 Å². The second kappa shape index (κ2) is 6.76. The number of carbonyl (C=O) groups is 1. The zero-order valence-corrected chi connectivity index (χ0v) is 16.4. The van der Waals surface area contributed by atoms with Gasteiger partial charge in [-0.25, -0.2) is 4.79 Å². The molecule has 1 aliphatic carbocycles. The first kappa shape index (κ1) is 19.8. The smallest absolute Gasteiger partial charge is 0.330 e. The molecule has 4 rings (SSSR count). The molecule has 2 N–H and O–H groups in total. The molecule has 156 valence electrons. The first-order valence-corrected chi connectivity index (χ1v) is 9.63. The summed E-state index contributed by atoms with van der Waals surface area (Å²) < 4.78 is 40.1. The van der Waals surface area contributed by atoms with Crippen molar-refractivity contribution < 1.29 is 18.0 Å². The Kier molecular flexibility index (Phi) is 4.60. The van der Waals surface area contributed by atoms with Crippen LogP contribution in [0.2, 0.25) is 0 Å². The Morgan fingerprint density at radius 2 is 1.79 bits per heavy atom. The third kappa shape index (κ3) is 3.37. The number of hydrogen-bond acceptors (Lipinski definition) is 3. The predicted molar refractivity (Wildman–Crippen MR) is 102 cm³/mol. The van der Waals surface area contributed by atoms with Crippen LogP contribution in [-0.4, -0.2) is 34.9 Å². The molecule has 29 heavy (non-hydrogen) atoms. The van der Waals surface area contributed by atoms with Crippen molar-refractivity contribution in [2.45, 2.75) is 42.9 Å².